The predicted octanol–water partition coefficient (Wildman–Crippen LogP) is 6.05. The van der Waals surface area contributed by atoms with Gasteiger partial charge in [-0.25, -0.2) is 9.97 Å². The van der Waals surface area contributed by atoms with Crippen molar-refractivity contribution in [3.05, 3.63) is 73.1 Å². The van der Waals surface area contributed by atoms with Gasteiger partial charge in [0.15, 0.2) is 11.5 Å². The van der Waals surface area contributed by atoms with Crippen LogP contribution in [0.5, 0.6) is 11.5 Å². The second kappa shape index (κ2) is 11.4. The minimum absolute atomic E-state index is 0.604. The monoisotopic (exact) mass is 522 g/mol. The summed E-state index contributed by atoms with van der Waals surface area (Å²) in [6.07, 6.45) is 2.58. The molecule has 1 saturated heterocycles. The average molecular weight is 523 g/mol. The second-order valence-electron chi connectivity index (χ2n) is 9.75. The lowest BCUT2D eigenvalue weighted by Gasteiger charge is -2.26. The van der Waals surface area contributed by atoms with Crippen molar-refractivity contribution in [1.82, 2.24) is 19.4 Å². The minimum atomic E-state index is 0.604. The summed E-state index contributed by atoms with van der Waals surface area (Å²) < 4.78 is 19.9. The number of para-hydroxylation sites is 1. The molecule has 0 amide bonds. The maximum Gasteiger partial charge on any atom is 0.162 e. The van der Waals surface area contributed by atoms with Gasteiger partial charge >= 0.3 is 0 Å². The Morgan fingerprint density at radius 2 is 1.69 bits per heavy atom. The number of ether oxygens (including phenoxy) is 3. The molecule has 3 heterocycles. The summed E-state index contributed by atoms with van der Waals surface area (Å²) in [6.45, 7) is 8.21. The summed E-state index contributed by atoms with van der Waals surface area (Å²) in [5, 5.41) is 2.11. The number of aryl methyl sites for hydroxylation is 1. The van der Waals surface area contributed by atoms with Crippen LogP contribution in [0.25, 0.3) is 44.3 Å². The molecule has 1 fully saturated rings. The van der Waals surface area contributed by atoms with E-state index in [1.807, 2.05) is 12.1 Å². The van der Waals surface area contributed by atoms with Gasteiger partial charge in [-0.3, -0.25) is 4.90 Å². The maximum atomic E-state index is 6.30. The van der Waals surface area contributed by atoms with Gasteiger partial charge in [0.2, 0.25) is 0 Å². The van der Waals surface area contributed by atoms with Crippen LogP contribution in [0, 0.1) is 0 Å². The number of hydrogen-bond acceptors (Lipinski definition) is 6. The lowest BCUT2D eigenvalue weighted by Crippen LogP contribution is -2.37. The number of methoxy groups -OCH3 is 1. The molecule has 200 valence electrons. The third-order valence-electron chi connectivity index (χ3n) is 7.47. The molecular formula is C32H34N4O3. The molecule has 3 aromatic carbocycles. The third kappa shape index (κ3) is 4.95. The number of benzene rings is 3. The van der Waals surface area contributed by atoms with E-state index in [-0.39, 0.29) is 0 Å². The first-order valence-corrected chi connectivity index (χ1v) is 13.7. The molecule has 0 atom stereocenters. The van der Waals surface area contributed by atoms with Crippen LogP contribution in [0.1, 0.15) is 13.3 Å². The van der Waals surface area contributed by atoms with Crippen LogP contribution < -0.4 is 9.47 Å². The lowest BCUT2D eigenvalue weighted by molar-refractivity contribution is 0.0357. The molecule has 0 saturated carbocycles. The summed E-state index contributed by atoms with van der Waals surface area (Å²) in [6, 6.07) is 23.1. The predicted molar refractivity (Wildman–Crippen MR) is 156 cm³/mol. The standard InChI is InChI=1S/C32H34N4O3/c1-3-36-27-13-8-7-12-24(27)30(32(36)23-10-5-4-6-11-23)31-25-20-29(28(37-2)21-26(25)33-22-34-31)39-17-9-14-35-15-18-38-19-16-35/h4-8,10-13,20-22H,3,9,14-19H2,1-2H3. The van der Waals surface area contributed by atoms with E-state index < -0.39 is 0 Å². The lowest BCUT2D eigenvalue weighted by atomic mass is 9.99. The van der Waals surface area contributed by atoms with Crippen molar-refractivity contribution in [1.29, 1.82) is 0 Å². The highest BCUT2D eigenvalue weighted by Gasteiger charge is 2.23. The van der Waals surface area contributed by atoms with Crippen LogP contribution in [0.4, 0.5) is 0 Å². The van der Waals surface area contributed by atoms with E-state index >= 15 is 0 Å². The Labute approximate surface area is 229 Å². The largest absolute Gasteiger partial charge is 0.493 e. The molecule has 7 heteroatoms. The summed E-state index contributed by atoms with van der Waals surface area (Å²) >= 11 is 0. The van der Waals surface area contributed by atoms with Crippen molar-refractivity contribution in [3.8, 4) is 34.0 Å². The highest BCUT2D eigenvalue weighted by molar-refractivity contribution is 6.09. The van der Waals surface area contributed by atoms with Gasteiger partial charge in [0.05, 0.1) is 43.8 Å². The van der Waals surface area contributed by atoms with Crippen molar-refractivity contribution in [2.75, 3.05) is 46.6 Å². The molecule has 6 rings (SSSR count). The van der Waals surface area contributed by atoms with E-state index in [0.717, 1.165) is 79.2 Å². The zero-order chi connectivity index (χ0) is 26.6. The molecule has 7 nitrogen and oxygen atoms in total. The Morgan fingerprint density at radius 1 is 0.897 bits per heavy atom. The van der Waals surface area contributed by atoms with Crippen LogP contribution >= 0.6 is 0 Å². The molecule has 0 unspecified atom stereocenters. The van der Waals surface area contributed by atoms with Gasteiger partial charge in [0.25, 0.3) is 0 Å². The maximum absolute atomic E-state index is 6.30. The number of rotatable bonds is 9. The van der Waals surface area contributed by atoms with Gasteiger partial charge in [-0.15, -0.1) is 0 Å². The first kappa shape index (κ1) is 25.3. The Bertz CT molecular complexity index is 1580. The smallest absolute Gasteiger partial charge is 0.162 e. The molecule has 0 aliphatic carbocycles. The van der Waals surface area contributed by atoms with Crippen LogP contribution in [0.15, 0.2) is 73.1 Å². The van der Waals surface area contributed by atoms with E-state index in [1.165, 1.54) is 10.9 Å². The number of nitrogens with zero attached hydrogens (tertiary/aromatic N) is 4. The Balaban J connectivity index is 1.44. The van der Waals surface area contributed by atoms with Crippen molar-refractivity contribution < 1.29 is 14.2 Å². The first-order chi connectivity index (χ1) is 19.3. The topological polar surface area (TPSA) is 61.6 Å². The Hall–Kier alpha value is -3.94. The number of aromatic nitrogens is 3. The summed E-state index contributed by atoms with van der Waals surface area (Å²) in [7, 11) is 1.67. The minimum Gasteiger partial charge on any atom is -0.493 e. The second-order valence-corrected chi connectivity index (χ2v) is 9.75. The fourth-order valence-corrected chi connectivity index (χ4v) is 5.60. The Kier molecular flexibility index (Phi) is 7.43. The van der Waals surface area contributed by atoms with Crippen LogP contribution in [-0.4, -0.2) is 66.0 Å². The molecule has 5 aromatic rings. The van der Waals surface area contributed by atoms with Crippen molar-refractivity contribution >= 4 is 21.8 Å². The highest BCUT2D eigenvalue weighted by Crippen LogP contribution is 2.43. The van der Waals surface area contributed by atoms with Crippen LogP contribution in [0.3, 0.4) is 0 Å². The van der Waals surface area contributed by atoms with Gasteiger partial charge in [-0.2, -0.15) is 0 Å². The van der Waals surface area contributed by atoms with Crippen molar-refractivity contribution in [2.45, 2.75) is 19.9 Å². The Morgan fingerprint density at radius 3 is 2.49 bits per heavy atom. The van der Waals surface area contributed by atoms with E-state index in [4.69, 9.17) is 19.2 Å². The fourth-order valence-electron chi connectivity index (χ4n) is 5.60. The third-order valence-corrected chi connectivity index (χ3v) is 7.47. The zero-order valence-corrected chi connectivity index (χ0v) is 22.6. The van der Waals surface area contributed by atoms with Gasteiger partial charge in [0, 0.05) is 54.1 Å². The SMILES string of the molecule is CCn1c(-c2ccccc2)c(-c2ncnc3cc(OC)c(OCCCN4CCOCC4)cc23)c2ccccc21. The van der Waals surface area contributed by atoms with E-state index in [9.17, 15) is 0 Å². The molecule has 0 radical (unpaired) electrons. The number of hydrogen-bond donors (Lipinski definition) is 0. The molecular weight excluding hydrogens is 488 g/mol. The van der Waals surface area contributed by atoms with Gasteiger partial charge in [-0.1, -0.05) is 48.5 Å². The summed E-state index contributed by atoms with van der Waals surface area (Å²) in [5.41, 5.74) is 6.32. The molecule has 39 heavy (non-hydrogen) atoms. The van der Waals surface area contributed by atoms with Gasteiger partial charge in [-0.05, 0) is 31.0 Å². The van der Waals surface area contributed by atoms with E-state index in [1.54, 1.807) is 13.4 Å². The number of fused-ring (bicyclic) bond motifs is 2. The fraction of sp³-hybridized carbons (Fsp3) is 0.312. The van der Waals surface area contributed by atoms with E-state index in [2.05, 4.69) is 76.0 Å². The van der Waals surface area contributed by atoms with E-state index in [0.29, 0.717) is 18.1 Å². The van der Waals surface area contributed by atoms with Crippen LogP contribution in [-0.2, 0) is 11.3 Å². The summed E-state index contributed by atoms with van der Waals surface area (Å²) in [4.78, 5) is 11.9. The summed E-state index contributed by atoms with van der Waals surface area (Å²) in [5.74, 6) is 1.39. The van der Waals surface area contributed by atoms with Crippen LogP contribution in [0.2, 0.25) is 0 Å². The van der Waals surface area contributed by atoms with Gasteiger partial charge in [0.1, 0.15) is 6.33 Å². The number of morpholine rings is 1. The molecule has 0 bridgehead atoms. The molecule has 0 N–H and O–H groups in total. The average Bonchev–Trinajstić information content (AvgIpc) is 3.33. The molecule has 0 spiro atoms. The van der Waals surface area contributed by atoms with Gasteiger partial charge < -0.3 is 18.8 Å². The van der Waals surface area contributed by atoms with Crippen molar-refractivity contribution in [2.24, 2.45) is 0 Å². The molecule has 1 aliphatic rings. The first-order valence-electron chi connectivity index (χ1n) is 13.7. The normalized spacial score (nSPS) is 14.2. The zero-order valence-electron chi connectivity index (χ0n) is 22.6. The highest BCUT2D eigenvalue weighted by atomic mass is 16.5. The molecule has 2 aromatic heterocycles. The quantitative estimate of drug-likeness (QED) is 0.220. The molecule has 1 aliphatic heterocycles. The van der Waals surface area contributed by atoms with Crippen molar-refractivity contribution in [3.63, 3.8) is 0 Å².